The molecule has 3 nitrogen and oxygen atoms in total. The zero-order chi connectivity index (χ0) is 11.8. The molecular weight excluding hydrogens is 214 g/mol. The molecule has 0 bridgehead atoms. The Morgan fingerprint density at radius 2 is 2.25 bits per heavy atom. The highest BCUT2D eigenvalue weighted by Crippen LogP contribution is 2.10. The predicted molar refractivity (Wildman–Crippen MR) is 58.3 cm³/mol. The lowest BCUT2D eigenvalue weighted by Gasteiger charge is -2.06. The molecule has 1 rings (SSSR count). The van der Waals surface area contributed by atoms with E-state index in [2.05, 4.69) is 16.9 Å². The van der Waals surface area contributed by atoms with Gasteiger partial charge < -0.3 is 10.1 Å². The second-order valence-corrected chi connectivity index (χ2v) is 3.10. The molecule has 0 aliphatic carbocycles. The Kier molecular flexibility index (Phi) is 5.42. The zero-order valence-corrected chi connectivity index (χ0v) is 8.88. The van der Waals surface area contributed by atoms with E-state index in [1.54, 1.807) is 6.08 Å². The largest absolute Gasteiger partial charge is 0.379 e. The maximum absolute atomic E-state index is 13.1. The molecule has 0 aliphatic heterocycles. The molecule has 0 amide bonds. The van der Waals surface area contributed by atoms with E-state index in [4.69, 9.17) is 4.74 Å². The van der Waals surface area contributed by atoms with Crippen LogP contribution >= 0.6 is 0 Å². The van der Waals surface area contributed by atoms with E-state index in [-0.39, 0.29) is 5.82 Å². The molecule has 0 radical (unpaired) electrons. The monoisotopic (exact) mass is 228 g/mol. The third kappa shape index (κ3) is 4.35. The topological polar surface area (TPSA) is 34.1 Å². The Hall–Kier alpha value is -1.49. The number of nitrogens with one attached hydrogen (secondary N) is 1. The van der Waals surface area contributed by atoms with E-state index in [1.165, 1.54) is 0 Å². The Morgan fingerprint density at radius 1 is 1.44 bits per heavy atom. The number of rotatable bonds is 7. The van der Waals surface area contributed by atoms with Gasteiger partial charge in [-0.2, -0.15) is 0 Å². The molecule has 16 heavy (non-hydrogen) atoms. The molecule has 5 heteroatoms. The molecule has 0 fully saturated rings. The van der Waals surface area contributed by atoms with Crippen LogP contribution < -0.4 is 5.32 Å². The van der Waals surface area contributed by atoms with E-state index in [0.717, 1.165) is 18.7 Å². The standard InChI is InChI=1S/C11H14F2N2O/c1-2-3-5-16-6-4-14-11-10(13)7-9(12)8-15-11/h2,7-8H,1,3-6H2,(H,14,15). The van der Waals surface area contributed by atoms with Crippen molar-refractivity contribution in [3.63, 3.8) is 0 Å². The quantitative estimate of drug-likeness (QED) is 0.574. The first-order chi connectivity index (χ1) is 7.74. The summed E-state index contributed by atoms with van der Waals surface area (Å²) in [5.74, 6) is -1.36. The summed E-state index contributed by atoms with van der Waals surface area (Å²) < 4.78 is 30.8. The molecule has 0 atom stereocenters. The van der Waals surface area contributed by atoms with Crippen LogP contribution in [0.15, 0.2) is 24.9 Å². The summed E-state index contributed by atoms with van der Waals surface area (Å²) in [5.41, 5.74) is 0. The fourth-order valence-electron chi connectivity index (χ4n) is 1.05. The lowest BCUT2D eigenvalue weighted by Crippen LogP contribution is -2.12. The summed E-state index contributed by atoms with van der Waals surface area (Å²) in [7, 11) is 0. The first-order valence-corrected chi connectivity index (χ1v) is 4.97. The van der Waals surface area contributed by atoms with Gasteiger partial charge in [-0.3, -0.25) is 0 Å². The minimum atomic E-state index is -0.703. The summed E-state index contributed by atoms with van der Waals surface area (Å²) in [6, 6.07) is 0.786. The third-order valence-electron chi connectivity index (χ3n) is 1.81. The van der Waals surface area contributed by atoms with Crippen molar-refractivity contribution in [1.29, 1.82) is 0 Å². The van der Waals surface area contributed by atoms with Crippen molar-refractivity contribution in [3.8, 4) is 0 Å². The first kappa shape index (κ1) is 12.6. The van der Waals surface area contributed by atoms with E-state index in [9.17, 15) is 8.78 Å². The SMILES string of the molecule is C=CCCOCCNc1ncc(F)cc1F. The van der Waals surface area contributed by atoms with Crippen LogP contribution in [0.25, 0.3) is 0 Å². The van der Waals surface area contributed by atoms with Gasteiger partial charge in [0, 0.05) is 12.6 Å². The van der Waals surface area contributed by atoms with Crippen molar-refractivity contribution in [2.45, 2.75) is 6.42 Å². The van der Waals surface area contributed by atoms with E-state index >= 15 is 0 Å². The smallest absolute Gasteiger partial charge is 0.168 e. The van der Waals surface area contributed by atoms with Crippen LogP contribution in [-0.4, -0.2) is 24.7 Å². The molecule has 1 N–H and O–H groups in total. The van der Waals surface area contributed by atoms with E-state index in [1.807, 2.05) is 0 Å². The van der Waals surface area contributed by atoms with Gasteiger partial charge in [-0.25, -0.2) is 13.8 Å². The van der Waals surface area contributed by atoms with Crippen LogP contribution in [0, 0.1) is 11.6 Å². The average Bonchev–Trinajstić information content (AvgIpc) is 2.26. The van der Waals surface area contributed by atoms with Gasteiger partial charge in [0.05, 0.1) is 19.4 Å². The summed E-state index contributed by atoms with van der Waals surface area (Å²) in [4.78, 5) is 3.58. The first-order valence-electron chi connectivity index (χ1n) is 4.97. The van der Waals surface area contributed by atoms with Crippen molar-refractivity contribution in [1.82, 2.24) is 4.98 Å². The molecule has 88 valence electrons. The maximum atomic E-state index is 13.1. The lowest BCUT2D eigenvalue weighted by atomic mass is 10.4. The van der Waals surface area contributed by atoms with Crippen LogP contribution in [0.4, 0.5) is 14.6 Å². The summed E-state index contributed by atoms with van der Waals surface area (Å²) in [6.07, 6.45) is 3.50. The van der Waals surface area contributed by atoms with Gasteiger partial charge in [-0.15, -0.1) is 6.58 Å². The van der Waals surface area contributed by atoms with Crippen molar-refractivity contribution in [2.24, 2.45) is 0 Å². The number of nitrogens with zero attached hydrogens (tertiary/aromatic N) is 1. The van der Waals surface area contributed by atoms with Crippen LogP contribution in [0.1, 0.15) is 6.42 Å². The highest BCUT2D eigenvalue weighted by Gasteiger charge is 2.03. The number of pyridine rings is 1. The zero-order valence-electron chi connectivity index (χ0n) is 8.88. The summed E-state index contributed by atoms with van der Waals surface area (Å²) in [6.45, 7) is 5.00. The van der Waals surface area contributed by atoms with Crippen molar-refractivity contribution in [3.05, 3.63) is 36.6 Å². The van der Waals surface area contributed by atoms with Gasteiger partial charge >= 0.3 is 0 Å². The maximum Gasteiger partial charge on any atom is 0.168 e. The number of anilines is 1. The minimum Gasteiger partial charge on any atom is -0.379 e. The fourth-order valence-corrected chi connectivity index (χ4v) is 1.05. The van der Waals surface area contributed by atoms with E-state index in [0.29, 0.717) is 19.8 Å². The van der Waals surface area contributed by atoms with Gasteiger partial charge in [0.2, 0.25) is 0 Å². The molecule has 1 aromatic rings. The molecule has 1 heterocycles. The Balaban J connectivity index is 2.24. The Morgan fingerprint density at radius 3 is 2.94 bits per heavy atom. The van der Waals surface area contributed by atoms with Gasteiger partial charge in [-0.05, 0) is 6.42 Å². The molecule has 0 saturated heterocycles. The lowest BCUT2D eigenvalue weighted by molar-refractivity contribution is 0.149. The normalized spacial score (nSPS) is 10.1. The highest BCUT2D eigenvalue weighted by molar-refractivity contribution is 5.35. The van der Waals surface area contributed by atoms with Crippen LogP contribution in [0.5, 0.6) is 0 Å². The molecular formula is C11H14F2N2O. The molecule has 0 aliphatic rings. The molecule has 0 saturated carbocycles. The Bertz CT molecular complexity index is 345. The van der Waals surface area contributed by atoms with Gasteiger partial charge in [0.15, 0.2) is 11.6 Å². The van der Waals surface area contributed by atoms with Gasteiger partial charge in [0.25, 0.3) is 0 Å². The van der Waals surface area contributed by atoms with E-state index < -0.39 is 11.6 Å². The predicted octanol–water partition coefficient (Wildman–Crippen LogP) is 2.36. The third-order valence-corrected chi connectivity index (χ3v) is 1.81. The number of hydrogen-bond donors (Lipinski definition) is 1. The van der Waals surface area contributed by atoms with Crippen molar-refractivity contribution < 1.29 is 13.5 Å². The minimum absolute atomic E-state index is 0.0359. The fraction of sp³-hybridized carbons (Fsp3) is 0.364. The number of aromatic nitrogens is 1. The molecule has 0 unspecified atom stereocenters. The Labute approximate surface area is 93.1 Å². The highest BCUT2D eigenvalue weighted by atomic mass is 19.1. The van der Waals surface area contributed by atoms with Gasteiger partial charge in [0.1, 0.15) is 5.82 Å². The van der Waals surface area contributed by atoms with Crippen LogP contribution in [0.3, 0.4) is 0 Å². The number of hydrogen-bond acceptors (Lipinski definition) is 3. The number of halogens is 2. The van der Waals surface area contributed by atoms with Crippen LogP contribution in [0.2, 0.25) is 0 Å². The molecule has 0 spiro atoms. The molecule has 1 aromatic heterocycles. The second kappa shape index (κ2) is 6.90. The number of ether oxygens (including phenoxy) is 1. The summed E-state index contributed by atoms with van der Waals surface area (Å²) >= 11 is 0. The van der Waals surface area contributed by atoms with Crippen LogP contribution in [-0.2, 0) is 4.74 Å². The van der Waals surface area contributed by atoms with Gasteiger partial charge in [-0.1, -0.05) is 6.08 Å². The average molecular weight is 228 g/mol. The summed E-state index contributed by atoms with van der Waals surface area (Å²) in [5, 5.41) is 2.71. The molecule has 0 aromatic carbocycles. The van der Waals surface area contributed by atoms with Crippen molar-refractivity contribution >= 4 is 5.82 Å². The van der Waals surface area contributed by atoms with Crippen molar-refractivity contribution in [2.75, 3.05) is 25.1 Å². The second-order valence-electron chi connectivity index (χ2n) is 3.10.